The zero-order chi connectivity index (χ0) is 14.0. The molecule has 0 radical (unpaired) electrons. The van der Waals surface area contributed by atoms with E-state index in [1.54, 1.807) is 0 Å². The number of urea groups is 1. The zero-order valence-electron chi connectivity index (χ0n) is 9.75. The number of nitrogens with one attached hydrogen (secondary N) is 2. The lowest BCUT2D eigenvalue weighted by molar-refractivity contribution is -0.384. The van der Waals surface area contributed by atoms with Crippen LogP contribution in [0.5, 0.6) is 0 Å². The van der Waals surface area contributed by atoms with Crippen molar-refractivity contribution in [3.63, 3.8) is 0 Å². The van der Waals surface area contributed by atoms with Gasteiger partial charge >= 0.3 is 6.03 Å². The predicted octanol–water partition coefficient (Wildman–Crippen LogP) is -0.0678. The van der Waals surface area contributed by atoms with Crippen molar-refractivity contribution in [1.82, 2.24) is 10.2 Å². The molecule has 1 heterocycles. The van der Waals surface area contributed by atoms with Crippen LogP contribution in [0.1, 0.15) is 5.56 Å². The van der Waals surface area contributed by atoms with Crippen molar-refractivity contribution in [2.75, 3.05) is 12.0 Å². The Morgan fingerprint density at radius 2 is 2.21 bits per heavy atom. The third-order valence-corrected chi connectivity index (χ3v) is 2.72. The first-order chi connectivity index (χ1) is 9.02. The molecule has 4 N–H and O–H groups in total. The molecule has 0 aliphatic carbocycles. The number of hydrogen-bond donors (Lipinski definition) is 3. The van der Waals surface area contributed by atoms with Gasteiger partial charge in [-0.05, 0) is 6.07 Å². The maximum absolute atomic E-state index is 11.5. The fourth-order valence-electron chi connectivity index (χ4n) is 1.75. The van der Waals surface area contributed by atoms with Crippen LogP contribution in [-0.2, 0) is 11.3 Å². The van der Waals surface area contributed by atoms with E-state index in [-0.39, 0.29) is 24.7 Å². The Hall–Kier alpha value is -2.68. The number of nitrogens with two attached hydrogens (primary N) is 1. The van der Waals surface area contributed by atoms with E-state index in [0.717, 1.165) is 4.90 Å². The van der Waals surface area contributed by atoms with Gasteiger partial charge in [0.05, 0.1) is 23.7 Å². The Kier molecular flexibility index (Phi) is 3.29. The van der Waals surface area contributed by atoms with Crippen molar-refractivity contribution in [3.05, 3.63) is 33.9 Å². The summed E-state index contributed by atoms with van der Waals surface area (Å²) >= 11 is 0. The maximum atomic E-state index is 11.5. The van der Waals surface area contributed by atoms with Gasteiger partial charge in [0.25, 0.3) is 5.69 Å². The second-order valence-electron chi connectivity index (χ2n) is 3.88. The summed E-state index contributed by atoms with van der Waals surface area (Å²) in [6, 6.07) is 3.45. The van der Waals surface area contributed by atoms with Gasteiger partial charge in [-0.15, -0.1) is 0 Å². The molecule has 2 rings (SSSR count). The van der Waals surface area contributed by atoms with E-state index in [1.165, 1.54) is 18.2 Å². The quantitative estimate of drug-likeness (QED) is 0.302. The summed E-state index contributed by atoms with van der Waals surface area (Å²) in [5.41, 5.74) is 3.04. The molecular formula is C10H11N5O4. The van der Waals surface area contributed by atoms with Crippen molar-refractivity contribution in [3.8, 4) is 0 Å². The third-order valence-electron chi connectivity index (χ3n) is 2.72. The van der Waals surface area contributed by atoms with E-state index in [1.807, 2.05) is 0 Å². The molecule has 9 nitrogen and oxygen atoms in total. The second-order valence-corrected chi connectivity index (χ2v) is 3.88. The van der Waals surface area contributed by atoms with Crippen LogP contribution < -0.4 is 16.6 Å². The molecule has 1 fully saturated rings. The summed E-state index contributed by atoms with van der Waals surface area (Å²) in [5.74, 6) is 4.91. The van der Waals surface area contributed by atoms with Crippen LogP contribution in [0.2, 0.25) is 0 Å². The fourth-order valence-corrected chi connectivity index (χ4v) is 1.75. The van der Waals surface area contributed by atoms with E-state index in [2.05, 4.69) is 10.7 Å². The maximum Gasteiger partial charge on any atom is 0.324 e. The van der Waals surface area contributed by atoms with Crippen LogP contribution in [0.25, 0.3) is 0 Å². The number of amides is 3. The molecule has 0 bridgehead atoms. The SMILES string of the molecule is NNc1ccc([N+](=O)[O-])cc1CN1C(=O)CNC1=O. The molecule has 1 aliphatic heterocycles. The monoisotopic (exact) mass is 265 g/mol. The minimum absolute atomic E-state index is 0.0703. The van der Waals surface area contributed by atoms with Gasteiger partial charge in [0.2, 0.25) is 5.91 Å². The van der Waals surface area contributed by atoms with Gasteiger partial charge in [-0.3, -0.25) is 25.7 Å². The van der Waals surface area contributed by atoms with E-state index in [4.69, 9.17) is 5.84 Å². The smallest absolute Gasteiger partial charge is 0.324 e. The van der Waals surface area contributed by atoms with Crippen molar-refractivity contribution in [2.24, 2.45) is 5.84 Å². The number of rotatable bonds is 4. The van der Waals surface area contributed by atoms with Crippen LogP contribution >= 0.6 is 0 Å². The highest BCUT2D eigenvalue weighted by Gasteiger charge is 2.29. The molecule has 3 amide bonds. The number of benzene rings is 1. The normalized spacial score (nSPS) is 14.5. The number of non-ortho nitro benzene ring substituents is 1. The fraction of sp³-hybridized carbons (Fsp3) is 0.200. The zero-order valence-corrected chi connectivity index (χ0v) is 9.75. The molecule has 9 heteroatoms. The average Bonchev–Trinajstić information content (AvgIpc) is 2.70. The molecule has 0 unspecified atom stereocenters. The van der Waals surface area contributed by atoms with Crippen molar-refractivity contribution in [2.45, 2.75) is 6.54 Å². The minimum atomic E-state index is -0.560. The summed E-state index contributed by atoms with van der Waals surface area (Å²) in [5, 5.41) is 13.1. The molecule has 0 aromatic heterocycles. The molecule has 0 atom stereocenters. The van der Waals surface area contributed by atoms with E-state index in [0.29, 0.717) is 11.3 Å². The van der Waals surface area contributed by atoms with Gasteiger partial charge < -0.3 is 10.7 Å². The highest BCUT2D eigenvalue weighted by molar-refractivity contribution is 6.01. The Morgan fingerprint density at radius 3 is 2.74 bits per heavy atom. The van der Waals surface area contributed by atoms with Crippen molar-refractivity contribution < 1.29 is 14.5 Å². The lowest BCUT2D eigenvalue weighted by atomic mass is 10.1. The van der Waals surface area contributed by atoms with Gasteiger partial charge in [0.15, 0.2) is 0 Å². The topological polar surface area (TPSA) is 131 Å². The molecule has 100 valence electrons. The lowest BCUT2D eigenvalue weighted by Gasteiger charge is -2.15. The number of hydrogen-bond acceptors (Lipinski definition) is 6. The molecule has 1 aromatic rings. The van der Waals surface area contributed by atoms with Crippen LogP contribution in [0.15, 0.2) is 18.2 Å². The Bertz CT molecular complexity index is 543. The number of anilines is 1. The number of nitrogen functional groups attached to an aromatic ring is 1. The Balaban J connectivity index is 2.32. The van der Waals surface area contributed by atoms with Crippen LogP contribution in [0, 0.1) is 10.1 Å². The predicted molar refractivity (Wildman–Crippen MR) is 64.9 cm³/mol. The molecule has 1 aromatic carbocycles. The molecule has 0 spiro atoms. The Labute approximate surface area is 107 Å². The molecular weight excluding hydrogens is 254 g/mol. The summed E-state index contributed by atoms with van der Waals surface area (Å²) in [7, 11) is 0. The highest BCUT2D eigenvalue weighted by atomic mass is 16.6. The first-order valence-electron chi connectivity index (χ1n) is 5.35. The largest absolute Gasteiger partial charge is 0.329 e. The van der Waals surface area contributed by atoms with Gasteiger partial charge in [-0.2, -0.15) is 0 Å². The highest BCUT2D eigenvalue weighted by Crippen LogP contribution is 2.23. The third kappa shape index (κ3) is 2.45. The summed E-state index contributed by atoms with van der Waals surface area (Å²) < 4.78 is 0. The number of nitro benzene ring substituents is 1. The second kappa shape index (κ2) is 4.90. The first-order valence-corrected chi connectivity index (χ1v) is 5.35. The summed E-state index contributed by atoms with van der Waals surface area (Å²) in [6.07, 6.45) is 0. The standard InChI is InChI=1S/C10H11N5O4/c11-13-8-2-1-7(15(18)19)3-6(8)5-14-9(16)4-12-10(14)17/h1-3,13H,4-5,11H2,(H,12,17). The number of carbonyl (C=O) groups excluding carboxylic acids is 2. The van der Waals surface area contributed by atoms with Crippen LogP contribution in [0.4, 0.5) is 16.2 Å². The van der Waals surface area contributed by atoms with Crippen molar-refractivity contribution in [1.29, 1.82) is 0 Å². The number of imide groups is 1. The average molecular weight is 265 g/mol. The van der Waals surface area contributed by atoms with E-state index >= 15 is 0 Å². The van der Waals surface area contributed by atoms with Gasteiger partial charge in [-0.25, -0.2) is 4.79 Å². The number of nitrogens with zero attached hydrogens (tertiary/aromatic N) is 2. The number of hydrazine groups is 1. The van der Waals surface area contributed by atoms with Crippen molar-refractivity contribution >= 4 is 23.3 Å². The van der Waals surface area contributed by atoms with Gasteiger partial charge in [0.1, 0.15) is 0 Å². The summed E-state index contributed by atoms with van der Waals surface area (Å²) in [6.45, 7) is -0.148. The van der Waals surface area contributed by atoms with Gasteiger partial charge in [-0.1, -0.05) is 0 Å². The lowest BCUT2D eigenvalue weighted by Crippen LogP contribution is -2.30. The van der Waals surface area contributed by atoms with Crippen LogP contribution in [0.3, 0.4) is 0 Å². The Morgan fingerprint density at radius 1 is 1.47 bits per heavy atom. The van der Waals surface area contributed by atoms with Gasteiger partial charge in [0, 0.05) is 17.7 Å². The minimum Gasteiger partial charge on any atom is -0.329 e. The molecule has 19 heavy (non-hydrogen) atoms. The van der Waals surface area contributed by atoms with E-state index < -0.39 is 11.0 Å². The van der Waals surface area contributed by atoms with E-state index in [9.17, 15) is 19.7 Å². The molecule has 1 aliphatic rings. The number of carbonyl (C=O) groups is 2. The molecule has 1 saturated heterocycles. The first kappa shape index (κ1) is 12.8. The summed E-state index contributed by atoms with van der Waals surface area (Å²) in [4.78, 5) is 34.0. The number of nitro groups is 1. The molecule has 0 saturated carbocycles. The van der Waals surface area contributed by atoms with Crippen LogP contribution in [-0.4, -0.2) is 28.3 Å².